The van der Waals surface area contributed by atoms with Gasteiger partial charge in [-0.3, -0.25) is 0 Å². The minimum atomic E-state index is 0.577. The lowest BCUT2D eigenvalue weighted by Gasteiger charge is -2.32. The molecule has 0 heterocycles. The molecule has 0 unspecified atom stereocenters. The number of methoxy groups -OCH3 is 1. The fourth-order valence-electron chi connectivity index (χ4n) is 2.43. The molecule has 2 nitrogen and oxygen atoms in total. The van der Waals surface area contributed by atoms with E-state index >= 15 is 0 Å². The lowest BCUT2D eigenvalue weighted by Crippen LogP contribution is -2.36. The van der Waals surface area contributed by atoms with E-state index in [0.717, 1.165) is 19.1 Å². The van der Waals surface area contributed by atoms with Crippen molar-refractivity contribution in [2.75, 3.05) is 26.8 Å². The average molecular weight is 199 g/mol. The number of nitrogens with one attached hydrogen (secondary N) is 1. The third kappa shape index (κ3) is 2.96. The van der Waals surface area contributed by atoms with Crippen molar-refractivity contribution in [1.82, 2.24) is 5.32 Å². The quantitative estimate of drug-likeness (QED) is 0.606. The highest BCUT2D eigenvalue weighted by molar-refractivity contribution is 4.93. The van der Waals surface area contributed by atoms with Crippen LogP contribution in [-0.4, -0.2) is 26.8 Å². The van der Waals surface area contributed by atoms with Gasteiger partial charge in [-0.15, -0.1) is 0 Å². The van der Waals surface area contributed by atoms with E-state index in [-0.39, 0.29) is 0 Å². The second-order valence-corrected chi connectivity index (χ2v) is 4.51. The maximum Gasteiger partial charge on any atom is 0.0587 e. The summed E-state index contributed by atoms with van der Waals surface area (Å²) >= 11 is 0. The lowest BCUT2D eigenvalue weighted by atomic mass is 9.77. The van der Waals surface area contributed by atoms with Gasteiger partial charge in [0.15, 0.2) is 0 Å². The normalized spacial score (nSPS) is 17.4. The Balaban J connectivity index is 2.27. The van der Waals surface area contributed by atoms with E-state index in [1.807, 2.05) is 0 Å². The summed E-state index contributed by atoms with van der Waals surface area (Å²) in [6.07, 6.45) is 5.53. The lowest BCUT2D eigenvalue weighted by molar-refractivity contribution is 0.174. The highest BCUT2D eigenvalue weighted by Crippen LogP contribution is 2.49. The van der Waals surface area contributed by atoms with Crippen LogP contribution in [0.5, 0.6) is 0 Å². The summed E-state index contributed by atoms with van der Waals surface area (Å²) in [5.41, 5.74) is 0.577. The Morgan fingerprint density at radius 1 is 1.29 bits per heavy atom. The molecule has 0 aliphatic heterocycles. The van der Waals surface area contributed by atoms with Crippen molar-refractivity contribution in [2.24, 2.45) is 11.3 Å². The monoisotopic (exact) mass is 199 g/mol. The molecule has 84 valence electrons. The third-order valence-corrected chi connectivity index (χ3v) is 3.81. The van der Waals surface area contributed by atoms with E-state index in [1.54, 1.807) is 7.11 Å². The minimum absolute atomic E-state index is 0.577. The maximum absolute atomic E-state index is 5.04. The molecule has 0 amide bonds. The predicted octanol–water partition coefficient (Wildman–Crippen LogP) is 2.44. The minimum Gasteiger partial charge on any atom is -0.383 e. The van der Waals surface area contributed by atoms with Crippen LogP contribution in [0.15, 0.2) is 0 Å². The van der Waals surface area contributed by atoms with Crippen LogP contribution in [0, 0.1) is 11.3 Å². The van der Waals surface area contributed by atoms with Crippen LogP contribution in [0.25, 0.3) is 0 Å². The van der Waals surface area contributed by atoms with Crippen LogP contribution in [-0.2, 0) is 4.74 Å². The van der Waals surface area contributed by atoms with E-state index < -0.39 is 0 Å². The SMILES string of the molecule is CCC(CC)(CNCCOC)C1CC1. The summed E-state index contributed by atoms with van der Waals surface area (Å²) in [4.78, 5) is 0. The summed E-state index contributed by atoms with van der Waals surface area (Å²) in [5, 5.41) is 3.53. The largest absolute Gasteiger partial charge is 0.383 e. The molecule has 0 radical (unpaired) electrons. The van der Waals surface area contributed by atoms with Crippen LogP contribution < -0.4 is 5.32 Å². The van der Waals surface area contributed by atoms with Gasteiger partial charge in [0.25, 0.3) is 0 Å². The molecule has 0 saturated heterocycles. The average Bonchev–Trinajstić information content (AvgIpc) is 3.03. The van der Waals surface area contributed by atoms with Crippen molar-refractivity contribution in [3.63, 3.8) is 0 Å². The molecule has 0 bridgehead atoms. The van der Waals surface area contributed by atoms with Gasteiger partial charge in [-0.1, -0.05) is 13.8 Å². The Labute approximate surface area is 88.4 Å². The van der Waals surface area contributed by atoms with Crippen molar-refractivity contribution in [3.8, 4) is 0 Å². The van der Waals surface area contributed by atoms with Crippen LogP contribution in [0.4, 0.5) is 0 Å². The summed E-state index contributed by atoms with van der Waals surface area (Å²) in [7, 11) is 1.76. The number of hydrogen-bond donors (Lipinski definition) is 1. The first kappa shape index (κ1) is 12.0. The molecule has 1 fully saturated rings. The Morgan fingerprint density at radius 3 is 2.36 bits per heavy atom. The molecule has 1 N–H and O–H groups in total. The van der Waals surface area contributed by atoms with Gasteiger partial charge in [-0.2, -0.15) is 0 Å². The topological polar surface area (TPSA) is 21.3 Å². The smallest absolute Gasteiger partial charge is 0.0587 e. The summed E-state index contributed by atoms with van der Waals surface area (Å²) in [6.45, 7) is 7.66. The maximum atomic E-state index is 5.04. The van der Waals surface area contributed by atoms with E-state index in [0.29, 0.717) is 5.41 Å². The van der Waals surface area contributed by atoms with Gasteiger partial charge in [-0.05, 0) is 37.0 Å². The van der Waals surface area contributed by atoms with Crippen molar-refractivity contribution in [1.29, 1.82) is 0 Å². The Hall–Kier alpha value is -0.0800. The van der Waals surface area contributed by atoms with Crippen LogP contribution in [0.3, 0.4) is 0 Å². The zero-order valence-electron chi connectivity index (χ0n) is 9.94. The fraction of sp³-hybridized carbons (Fsp3) is 1.00. The van der Waals surface area contributed by atoms with Crippen LogP contribution in [0.1, 0.15) is 39.5 Å². The molecule has 0 atom stereocenters. The number of ether oxygens (including phenoxy) is 1. The molecule has 1 rings (SSSR count). The molecule has 0 aromatic carbocycles. The molecular weight excluding hydrogens is 174 g/mol. The van der Waals surface area contributed by atoms with E-state index in [4.69, 9.17) is 4.74 Å². The van der Waals surface area contributed by atoms with Gasteiger partial charge in [-0.25, -0.2) is 0 Å². The molecule has 14 heavy (non-hydrogen) atoms. The summed E-state index contributed by atoms with van der Waals surface area (Å²) in [5.74, 6) is 0.993. The van der Waals surface area contributed by atoms with Gasteiger partial charge in [0.05, 0.1) is 6.61 Å². The molecule has 1 aliphatic carbocycles. The Bertz CT molecular complexity index is 150. The van der Waals surface area contributed by atoms with Crippen molar-refractivity contribution in [3.05, 3.63) is 0 Å². The second-order valence-electron chi connectivity index (χ2n) is 4.51. The Morgan fingerprint density at radius 2 is 1.93 bits per heavy atom. The fourth-order valence-corrected chi connectivity index (χ4v) is 2.43. The number of hydrogen-bond acceptors (Lipinski definition) is 2. The molecule has 0 aromatic rings. The highest BCUT2D eigenvalue weighted by Gasteiger charge is 2.41. The highest BCUT2D eigenvalue weighted by atomic mass is 16.5. The molecule has 2 heteroatoms. The van der Waals surface area contributed by atoms with Gasteiger partial charge in [0.2, 0.25) is 0 Å². The molecule has 0 aromatic heterocycles. The molecular formula is C12H25NO. The first-order valence-corrected chi connectivity index (χ1v) is 5.98. The van der Waals surface area contributed by atoms with Gasteiger partial charge in [0.1, 0.15) is 0 Å². The van der Waals surface area contributed by atoms with Crippen LogP contribution in [0.2, 0.25) is 0 Å². The van der Waals surface area contributed by atoms with E-state index in [1.165, 1.54) is 32.2 Å². The van der Waals surface area contributed by atoms with Crippen molar-refractivity contribution >= 4 is 0 Å². The summed E-state index contributed by atoms with van der Waals surface area (Å²) in [6, 6.07) is 0. The first-order chi connectivity index (χ1) is 6.79. The first-order valence-electron chi connectivity index (χ1n) is 5.98. The second kappa shape index (κ2) is 5.72. The zero-order chi connectivity index (χ0) is 10.4. The van der Waals surface area contributed by atoms with Crippen molar-refractivity contribution < 1.29 is 4.74 Å². The van der Waals surface area contributed by atoms with E-state index in [9.17, 15) is 0 Å². The molecule has 0 spiro atoms. The zero-order valence-corrected chi connectivity index (χ0v) is 9.94. The predicted molar refractivity (Wildman–Crippen MR) is 60.5 cm³/mol. The van der Waals surface area contributed by atoms with Gasteiger partial charge >= 0.3 is 0 Å². The standard InChI is InChI=1S/C12H25NO/c1-4-12(5-2,11-6-7-11)10-13-8-9-14-3/h11,13H,4-10H2,1-3H3. The molecule has 1 saturated carbocycles. The summed E-state index contributed by atoms with van der Waals surface area (Å²) < 4.78 is 5.04. The Kier molecular flexibility index (Phi) is 4.90. The van der Waals surface area contributed by atoms with Gasteiger partial charge in [0, 0.05) is 20.2 Å². The third-order valence-electron chi connectivity index (χ3n) is 3.81. The number of rotatable bonds is 8. The van der Waals surface area contributed by atoms with E-state index in [2.05, 4.69) is 19.2 Å². The van der Waals surface area contributed by atoms with Gasteiger partial charge < -0.3 is 10.1 Å². The van der Waals surface area contributed by atoms with Crippen molar-refractivity contribution in [2.45, 2.75) is 39.5 Å². The molecule has 1 aliphatic rings. The van der Waals surface area contributed by atoms with Crippen LogP contribution >= 0.6 is 0 Å².